The van der Waals surface area contributed by atoms with Crippen molar-refractivity contribution in [1.29, 1.82) is 0 Å². The summed E-state index contributed by atoms with van der Waals surface area (Å²) in [5.41, 5.74) is 5.07. The van der Waals surface area contributed by atoms with Crippen molar-refractivity contribution in [2.75, 3.05) is 39.6 Å². The molecule has 4 rings (SSSR count). The molecule has 0 atom stereocenters. The van der Waals surface area contributed by atoms with Gasteiger partial charge in [-0.3, -0.25) is 0 Å². The molecule has 1 saturated heterocycles. The largest absolute Gasteiger partial charge is 0.493 e. The summed E-state index contributed by atoms with van der Waals surface area (Å²) in [6, 6.07) is 27.4. The molecule has 0 N–H and O–H groups in total. The molecule has 45 heavy (non-hydrogen) atoms. The van der Waals surface area contributed by atoms with Crippen LogP contribution < -0.4 is 9.92 Å². The molecule has 0 amide bonds. The molecule has 0 unspecified atom stereocenters. The van der Waals surface area contributed by atoms with Gasteiger partial charge in [-0.15, -0.1) is 0 Å². The van der Waals surface area contributed by atoms with Crippen LogP contribution in [-0.2, 0) is 23.7 Å². The number of rotatable bonds is 16. The van der Waals surface area contributed by atoms with Crippen LogP contribution in [0.4, 0.5) is 0 Å². The molecule has 1 aliphatic heterocycles. The predicted molar refractivity (Wildman–Crippen MR) is 185 cm³/mol. The van der Waals surface area contributed by atoms with Crippen LogP contribution in [0.15, 0.2) is 84.9 Å². The first-order valence-corrected chi connectivity index (χ1v) is 19.4. The Kier molecular flexibility index (Phi) is 12.6. The molecule has 1 aliphatic rings. The second-order valence-corrected chi connectivity index (χ2v) is 17.9. The Morgan fingerprint density at radius 3 is 1.93 bits per heavy atom. The summed E-state index contributed by atoms with van der Waals surface area (Å²) < 4.78 is 28.0. The second kappa shape index (κ2) is 16.4. The number of benzene rings is 3. The molecular weight excluding hydrogens is 580 g/mol. The minimum Gasteiger partial charge on any atom is -0.493 e. The van der Waals surface area contributed by atoms with E-state index >= 15 is 0 Å². The van der Waals surface area contributed by atoms with Gasteiger partial charge in [-0.25, -0.2) is 4.79 Å². The molecule has 0 bridgehead atoms. The van der Waals surface area contributed by atoms with Gasteiger partial charge in [-0.05, 0) is 48.2 Å². The SMILES string of the molecule is C=C(COCC1COC(C)(C)OC1)C(=O)OCCCOc1ccc(-c2ccc(-c3ccc([Si](C)(C)CCCC)cc3)cc2)cc1. The lowest BCUT2D eigenvalue weighted by atomic mass is 10.0. The molecule has 0 saturated carbocycles. The zero-order valence-electron chi connectivity index (χ0n) is 27.7. The summed E-state index contributed by atoms with van der Waals surface area (Å²) in [4.78, 5) is 12.2. The Hall–Kier alpha value is -3.23. The zero-order valence-corrected chi connectivity index (χ0v) is 28.7. The third kappa shape index (κ3) is 10.7. The van der Waals surface area contributed by atoms with Crippen LogP contribution in [-0.4, -0.2) is 59.5 Å². The normalized spacial score (nSPS) is 15.0. The van der Waals surface area contributed by atoms with E-state index in [4.69, 9.17) is 23.7 Å². The highest BCUT2D eigenvalue weighted by Crippen LogP contribution is 2.27. The quantitative estimate of drug-likeness (QED) is 0.0691. The molecule has 6 nitrogen and oxygen atoms in total. The predicted octanol–water partition coefficient (Wildman–Crippen LogP) is 8.02. The molecule has 1 heterocycles. The molecule has 0 aromatic heterocycles. The van der Waals surface area contributed by atoms with Gasteiger partial charge in [0, 0.05) is 12.3 Å². The van der Waals surface area contributed by atoms with Crippen LogP contribution in [0.25, 0.3) is 22.3 Å². The summed E-state index contributed by atoms with van der Waals surface area (Å²) in [5.74, 6) is -0.0854. The monoisotopic (exact) mass is 630 g/mol. The second-order valence-electron chi connectivity index (χ2n) is 13.0. The van der Waals surface area contributed by atoms with Crippen molar-refractivity contribution >= 4 is 19.2 Å². The molecule has 7 heteroatoms. The Morgan fingerprint density at radius 1 is 0.844 bits per heavy atom. The Labute approximate surface area is 270 Å². The maximum absolute atomic E-state index is 12.2. The van der Waals surface area contributed by atoms with Crippen molar-refractivity contribution in [2.24, 2.45) is 5.92 Å². The van der Waals surface area contributed by atoms with Crippen molar-refractivity contribution in [1.82, 2.24) is 0 Å². The van der Waals surface area contributed by atoms with Gasteiger partial charge in [0.05, 0.1) is 53.3 Å². The van der Waals surface area contributed by atoms with E-state index in [9.17, 15) is 4.79 Å². The highest BCUT2D eigenvalue weighted by Gasteiger charge is 2.28. The minimum atomic E-state index is -1.36. The number of hydrogen-bond donors (Lipinski definition) is 0. The zero-order chi connectivity index (χ0) is 32.3. The van der Waals surface area contributed by atoms with Crippen molar-refractivity contribution in [2.45, 2.75) is 65.0 Å². The molecule has 0 radical (unpaired) electrons. The van der Waals surface area contributed by atoms with E-state index in [0.29, 0.717) is 38.4 Å². The van der Waals surface area contributed by atoms with Crippen LogP contribution in [0.1, 0.15) is 40.0 Å². The first-order valence-electron chi connectivity index (χ1n) is 16.2. The number of hydrogen-bond acceptors (Lipinski definition) is 6. The fourth-order valence-electron chi connectivity index (χ4n) is 5.22. The summed E-state index contributed by atoms with van der Waals surface area (Å²) in [7, 11) is -1.36. The van der Waals surface area contributed by atoms with Gasteiger partial charge in [0.2, 0.25) is 0 Å². The molecule has 242 valence electrons. The lowest BCUT2D eigenvalue weighted by Gasteiger charge is -2.34. The fraction of sp³-hybridized carbons (Fsp3) is 0.447. The topological polar surface area (TPSA) is 63.2 Å². The smallest absolute Gasteiger partial charge is 0.335 e. The maximum atomic E-state index is 12.2. The molecule has 3 aromatic carbocycles. The van der Waals surface area contributed by atoms with Gasteiger partial charge < -0.3 is 23.7 Å². The summed E-state index contributed by atoms with van der Waals surface area (Å²) >= 11 is 0. The number of esters is 1. The molecule has 3 aromatic rings. The highest BCUT2D eigenvalue weighted by molar-refractivity contribution is 6.89. The van der Waals surface area contributed by atoms with E-state index in [2.05, 4.69) is 87.3 Å². The maximum Gasteiger partial charge on any atom is 0.335 e. The van der Waals surface area contributed by atoms with E-state index in [1.54, 1.807) is 0 Å². The Bertz CT molecular complexity index is 1350. The van der Waals surface area contributed by atoms with E-state index in [1.165, 1.54) is 35.2 Å². The van der Waals surface area contributed by atoms with Crippen LogP contribution >= 0.6 is 0 Å². The molecular formula is C38H50O6Si. The van der Waals surface area contributed by atoms with Crippen molar-refractivity contribution in [3.05, 3.63) is 84.9 Å². The molecule has 1 fully saturated rings. The van der Waals surface area contributed by atoms with Gasteiger partial charge in [-0.2, -0.15) is 0 Å². The standard InChI is InChI=1S/C38H50O6Si/c1-7-8-24-45(5,6)36-20-16-34(17-21-36)32-12-10-31(11-13-32)33-14-18-35(19-15-33)41-22-9-23-42-37(39)29(2)25-40-26-30-27-43-38(3,4)44-28-30/h10-21,30H,2,7-9,22-28H2,1,3-6H3. The van der Waals surface area contributed by atoms with Gasteiger partial charge in [0.25, 0.3) is 0 Å². The van der Waals surface area contributed by atoms with E-state index < -0.39 is 19.8 Å². The van der Waals surface area contributed by atoms with E-state index in [1.807, 2.05) is 26.0 Å². The van der Waals surface area contributed by atoms with Crippen LogP contribution in [0, 0.1) is 5.92 Å². The first-order chi connectivity index (χ1) is 21.6. The van der Waals surface area contributed by atoms with Crippen molar-refractivity contribution < 1.29 is 28.5 Å². The highest BCUT2D eigenvalue weighted by atomic mass is 28.3. The van der Waals surface area contributed by atoms with Gasteiger partial charge in [0.15, 0.2) is 5.79 Å². The van der Waals surface area contributed by atoms with Crippen molar-refractivity contribution in [3.63, 3.8) is 0 Å². The summed E-state index contributed by atoms with van der Waals surface area (Å²) in [6.07, 6.45) is 3.15. The van der Waals surface area contributed by atoms with Crippen LogP contribution in [0.3, 0.4) is 0 Å². The molecule has 0 spiro atoms. The number of unbranched alkanes of at least 4 members (excludes halogenated alkanes) is 1. The van der Waals surface area contributed by atoms with Gasteiger partial charge in [0.1, 0.15) is 5.75 Å². The average molecular weight is 631 g/mol. The average Bonchev–Trinajstić information content (AvgIpc) is 3.04. The van der Waals surface area contributed by atoms with E-state index in [-0.39, 0.29) is 19.1 Å². The number of ether oxygens (including phenoxy) is 5. The van der Waals surface area contributed by atoms with Crippen LogP contribution in [0.2, 0.25) is 19.1 Å². The molecule has 0 aliphatic carbocycles. The Balaban J connectivity index is 1.14. The first kappa shape index (κ1) is 34.6. The van der Waals surface area contributed by atoms with Gasteiger partial charge in [-0.1, -0.05) is 111 Å². The number of carbonyl (C=O) groups excluding carboxylic acids is 1. The third-order valence-electron chi connectivity index (χ3n) is 8.27. The lowest BCUT2D eigenvalue weighted by molar-refractivity contribution is -0.266. The van der Waals surface area contributed by atoms with Gasteiger partial charge >= 0.3 is 5.97 Å². The fourth-order valence-corrected chi connectivity index (χ4v) is 7.82. The number of carbonyl (C=O) groups is 1. The summed E-state index contributed by atoms with van der Waals surface area (Å²) in [6.45, 7) is 17.2. The van der Waals surface area contributed by atoms with Crippen LogP contribution in [0.5, 0.6) is 5.75 Å². The Morgan fingerprint density at radius 2 is 1.38 bits per heavy atom. The summed E-state index contributed by atoms with van der Waals surface area (Å²) in [5, 5.41) is 1.54. The lowest BCUT2D eigenvalue weighted by Crippen LogP contribution is -2.40. The van der Waals surface area contributed by atoms with E-state index in [0.717, 1.165) is 16.9 Å². The minimum absolute atomic E-state index is 0.121. The third-order valence-corrected chi connectivity index (χ3v) is 11.8. The van der Waals surface area contributed by atoms with Crippen molar-refractivity contribution in [3.8, 4) is 28.0 Å².